The minimum absolute atomic E-state index is 0.130. The Morgan fingerprint density at radius 1 is 1.14 bits per heavy atom. The quantitative estimate of drug-likeness (QED) is 0.804. The lowest BCUT2D eigenvalue weighted by atomic mass is 9.88. The number of alkyl halides is 2. The number of carbonyl (C=O) groups is 1. The van der Waals surface area contributed by atoms with E-state index in [9.17, 15) is 13.6 Å². The van der Waals surface area contributed by atoms with Crippen molar-refractivity contribution in [1.82, 2.24) is 10.1 Å². The van der Waals surface area contributed by atoms with Crippen molar-refractivity contribution in [3.8, 4) is 0 Å². The molecule has 2 fully saturated rings. The number of piperidine rings is 1. The normalized spacial score (nSPS) is 22.0. The smallest absolute Gasteiger partial charge is 0.361 e. The molecule has 28 heavy (non-hydrogen) atoms. The molecule has 1 spiro atoms. The molecule has 150 valence electrons. The van der Waals surface area contributed by atoms with E-state index in [1.807, 2.05) is 13.8 Å². The van der Waals surface area contributed by atoms with Gasteiger partial charge in [-0.2, -0.15) is 8.78 Å². The predicted molar refractivity (Wildman–Crippen MR) is 98.0 cm³/mol. The summed E-state index contributed by atoms with van der Waals surface area (Å²) in [6.45, 7) is 5.74. The molecule has 1 aromatic carbocycles. The van der Waals surface area contributed by atoms with Gasteiger partial charge in [-0.1, -0.05) is 23.4 Å². The molecule has 2 aliphatic rings. The number of hydrogen-bond donors (Lipinski definition) is 0. The maximum Gasteiger partial charge on any atom is 0.437 e. The SMILES string of the molecule is Cc1noc(C)c1CN1CCC2(CC1)CN(c1ccccc1)C(=O)C(F)(F)O2. The number of aromatic nitrogens is 1. The van der Waals surface area contributed by atoms with Gasteiger partial charge in [0.1, 0.15) is 5.76 Å². The molecular formula is C20H23F2N3O3. The van der Waals surface area contributed by atoms with E-state index in [0.717, 1.165) is 21.9 Å². The number of anilines is 1. The molecule has 0 atom stereocenters. The van der Waals surface area contributed by atoms with Crippen LogP contribution in [-0.4, -0.2) is 47.3 Å². The van der Waals surface area contributed by atoms with Crippen LogP contribution in [0.25, 0.3) is 0 Å². The second-order valence-corrected chi connectivity index (χ2v) is 7.61. The molecule has 6 nitrogen and oxygen atoms in total. The highest BCUT2D eigenvalue weighted by Crippen LogP contribution is 2.40. The topological polar surface area (TPSA) is 58.8 Å². The van der Waals surface area contributed by atoms with Gasteiger partial charge in [0, 0.05) is 30.9 Å². The van der Waals surface area contributed by atoms with Crippen molar-refractivity contribution in [3.05, 3.63) is 47.3 Å². The van der Waals surface area contributed by atoms with Crippen molar-refractivity contribution >= 4 is 11.6 Å². The fourth-order valence-corrected chi connectivity index (χ4v) is 4.01. The summed E-state index contributed by atoms with van der Waals surface area (Å²) in [5.74, 6) is -0.526. The number of halogens is 2. The zero-order valence-electron chi connectivity index (χ0n) is 16.0. The molecule has 1 amide bonds. The number of amides is 1. The van der Waals surface area contributed by atoms with E-state index in [-0.39, 0.29) is 6.54 Å². The average molecular weight is 391 g/mol. The summed E-state index contributed by atoms with van der Waals surface area (Å²) in [5.41, 5.74) is 1.29. The number of ether oxygens (including phenoxy) is 1. The van der Waals surface area contributed by atoms with Gasteiger partial charge in [0.05, 0.1) is 17.8 Å². The van der Waals surface area contributed by atoms with Crippen LogP contribution in [0.2, 0.25) is 0 Å². The summed E-state index contributed by atoms with van der Waals surface area (Å²) in [6.07, 6.45) is -2.98. The molecule has 0 bridgehead atoms. The molecule has 3 heterocycles. The molecule has 0 saturated carbocycles. The highest BCUT2D eigenvalue weighted by molar-refractivity contribution is 5.98. The van der Waals surface area contributed by atoms with Crippen molar-refractivity contribution in [2.24, 2.45) is 0 Å². The Balaban J connectivity index is 1.50. The highest BCUT2D eigenvalue weighted by atomic mass is 19.3. The van der Waals surface area contributed by atoms with E-state index in [0.29, 0.717) is 38.2 Å². The lowest BCUT2D eigenvalue weighted by molar-refractivity contribution is -0.293. The van der Waals surface area contributed by atoms with E-state index < -0.39 is 17.6 Å². The molecule has 0 aliphatic carbocycles. The first-order valence-electron chi connectivity index (χ1n) is 9.39. The fraction of sp³-hybridized carbons (Fsp3) is 0.500. The average Bonchev–Trinajstić information content (AvgIpc) is 2.99. The third-order valence-corrected chi connectivity index (χ3v) is 5.68. The zero-order chi connectivity index (χ0) is 19.9. The second-order valence-electron chi connectivity index (χ2n) is 7.61. The molecule has 1 aromatic heterocycles. The van der Waals surface area contributed by atoms with Gasteiger partial charge in [-0.3, -0.25) is 9.69 Å². The number of morpholine rings is 1. The zero-order valence-corrected chi connectivity index (χ0v) is 16.0. The van der Waals surface area contributed by atoms with Crippen LogP contribution in [0.3, 0.4) is 0 Å². The third-order valence-electron chi connectivity index (χ3n) is 5.68. The predicted octanol–water partition coefficient (Wildman–Crippen LogP) is 3.28. The van der Waals surface area contributed by atoms with Crippen LogP contribution in [-0.2, 0) is 16.1 Å². The molecule has 8 heteroatoms. The number of rotatable bonds is 3. The fourth-order valence-electron chi connectivity index (χ4n) is 4.01. The van der Waals surface area contributed by atoms with E-state index in [4.69, 9.17) is 9.26 Å². The van der Waals surface area contributed by atoms with Gasteiger partial charge in [-0.05, 0) is 38.8 Å². The van der Waals surface area contributed by atoms with Crippen LogP contribution < -0.4 is 4.90 Å². The van der Waals surface area contributed by atoms with Crippen LogP contribution in [0.15, 0.2) is 34.9 Å². The number of hydrogen-bond acceptors (Lipinski definition) is 5. The van der Waals surface area contributed by atoms with Gasteiger partial charge in [0.25, 0.3) is 0 Å². The molecule has 2 aliphatic heterocycles. The summed E-state index contributed by atoms with van der Waals surface area (Å²) in [5, 5.41) is 3.97. The van der Waals surface area contributed by atoms with Gasteiger partial charge in [0.15, 0.2) is 0 Å². The number of carbonyl (C=O) groups excluding carboxylic acids is 1. The molecule has 0 radical (unpaired) electrons. The summed E-state index contributed by atoms with van der Waals surface area (Å²) in [4.78, 5) is 15.6. The Labute approximate surface area is 162 Å². The van der Waals surface area contributed by atoms with E-state index in [1.165, 1.54) is 0 Å². The lowest BCUT2D eigenvalue weighted by Crippen LogP contribution is -2.64. The van der Waals surface area contributed by atoms with Gasteiger partial charge in [0.2, 0.25) is 0 Å². The number of para-hydroxylation sites is 1. The molecular weight excluding hydrogens is 368 g/mol. The lowest BCUT2D eigenvalue weighted by Gasteiger charge is -2.48. The Kier molecular flexibility index (Phi) is 4.71. The second kappa shape index (κ2) is 6.93. The van der Waals surface area contributed by atoms with Crippen LogP contribution in [0, 0.1) is 13.8 Å². The number of likely N-dealkylation sites (tertiary alicyclic amines) is 1. The van der Waals surface area contributed by atoms with Crippen molar-refractivity contribution in [1.29, 1.82) is 0 Å². The van der Waals surface area contributed by atoms with Gasteiger partial charge in [-0.25, -0.2) is 0 Å². The number of nitrogens with zero attached hydrogens (tertiary/aromatic N) is 3. The van der Waals surface area contributed by atoms with Gasteiger partial charge >= 0.3 is 12.0 Å². The first-order chi connectivity index (χ1) is 13.3. The molecule has 4 rings (SSSR count). The first-order valence-corrected chi connectivity index (χ1v) is 9.39. The standard InChI is InChI=1S/C20H23F2N3O3/c1-14-17(15(2)27-23-14)12-24-10-8-19(9-11-24)13-25(16-6-4-3-5-7-16)18(26)20(21,22)28-19/h3-7H,8-13H2,1-2H3. The highest BCUT2D eigenvalue weighted by Gasteiger charge is 2.57. The minimum Gasteiger partial charge on any atom is -0.361 e. The Hall–Kier alpha value is -2.32. The molecule has 0 N–H and O–H groups in total. The van der Waals surface area contributed by atoms with Crippen LogP contribution in [0.5, 0.6) is 0 Å². The Bertz CT molecular complexity index is 841. The van der Waals surface area contributed by atoms with Crippen molar-refractivity contribution in [2.75, 3.05) is 24.5 Å². The van der Waals surface area contributed by atoms with Gasteiger partial charge in [-0.15, -0.1) is 0 Å². The van der Waals surface area contributed by atoms with Crippen LogP contribution >= 0.6 is 0 Å². The Morgan fingerprint density at radius 2 is 1.82 bits per heavy atom. The first kappa shape index (κ1) is 19.0. The summed E-state index contributed by atoms with van der Waals surface area (Å²) >= 11 is 0. The maximum atomic E-state index is 14.4. The largest absolute Gasteiger partial charge is 0.437 e. The Morgan fingerprint density at radius 3 is 2.43 bits per heavy atom. The molecule has 2 saturated heterocycles. The molecule has 2 aromatic rings. The van der Waals surface area contributed by atoms with Crippen LogP contribution in [0.4, 0.5) is 14.5 Å². The molecule has 0 unspecified atom stereocenters. The van der Waals surface area contributed by atoms with Crippen molar-refractivity contribution in [3.63, 3.8) is 0 Å². The van der Waals surface area contributed by atoms with E-state index >= 15 is 0 Å². The van der Waals surface area contributed by atoms with Crippen molar-refractivity contribution in [2.45, 2.75) is 44.9 Å². The number of benzene rings is 1. The number of aryl methyl sites for hydroxylation is 2. The van der Waals surface area contributed by atoms with E-state index in [1.54, 1.807) is 30.3 Å². The monoisotopic (exact) mass is 391 g/mol. The summed E-state index contributed by atoms with van der Waals surface area (Å²) < 4.78 is 39.2. The summed E-state index contributed by atoms with van der Waals surface area (Å²) in [6, 6.07) is 8.58. The third kappa shape index (κ3) is 3.42. The van der Waals surface area contributed by atoms with Crippen LogP contribution in [0.1, 0.15) is 29.9 Å². The van der Waals surface area contributed by atoms with Gasteiger partial charge < -0.3 is 14.2 Å². The summed E-state index contributed by atoms with van der Waals surface area (Å²) in [7, 11) is 0. The van der Waals surface area contributed by atoms with Crippen molar-refractivity contribution < 1.29 is 22.8 Å². The van der Waals surface area contributed by atoms with E-state index in [2.05, 4.69) is 10.1 Å². The maximum absolute atomic E-state index is 14.4. The minimum atomic E-state index is -3.82.